The number of rotatable bonds is 1. The van der Waals surface area contributed by atoms with Gasteiger partial charge in [-0.1, -0.05) is 13.8 Å². The van der Waals surface area contributed by atoms with Crippen molar-refractivity contribution in [3.63, 3.8) is 0 Å². The number of ketones is 2. The lowest BCUT2D eigenvalue weighted by molar-refractivity contribution is -0.173. The van der Waals surface area contributed by atoms with Crippen LogP contribution >= 0.6 is 0 Å². The van der Waals surface area contributed by atoms with Gasteiger partial charge in [-0.25, -0.2) is 0 Å². The topological polar surface area (TPSA) is 54.4 Å². The quantitative estimate of drug-likeness (QED) is 0.795. The Morgan fingerprint density at radius 1 is 1.12 bits per heavy atom. The van der Waals surface area contributed by atoms with E-state index < -0.39 is 0 Å². The molecule has 0 aromatic carbocycles. The van der Waals surface area contributed by atoms with Crippen LogP contribution in [0.5, 0.6) is 0 Å². The van der Waals surface area contributed by atoms with E-state index in [1.54, 1.807) is 6.92 Å². The molecule has 0 heterocycles. The maximum absolute atomic E-state index is 12.2. The summed E-state index contributed by atoms with van der Waals surface area (Å²) in [6, 6.07) is 0. The van der Waals surface area contributed by atoms with Gasteiger partial charge in [0.15, 0.2) is 0 Å². The van der Waals surface area contributed by atoms with Crippen LogP contribution in [0.15, 0.2) is 0 Å². The Kier molecular flexibility index (Phi) is 3.77. The van der Waals surface area contributed by atoms with Gasteiger partial charge in [0.2, 0.25) is 0 Å². The Labute approximate surface area is 145 Å². The molecule has 0 aliphatic heterocycles. The third-order valence-electron chi connectivity index (χ3n) is 8.90. The van der Waals surface area contributed by atoms with Crippen molar-refractivity contribution >= 4 is 11.6 Å². The summed E-state index contributed by atoms with van der Waals surface area (Å²) in [6.07, 6.45) is 7.27. The van der Waals surface area contributed by atoms with Crippen LogP contribution in [0.3, 0.4) is 0 Å². The average molecular weight is 332 g/mol. The van der Waals surface area contributed by atoms with E-state index >= 15 is 0 Å². The van der Waals surface area contributed by atoms with E-state index in [0.29, 0.717) is 41.7 Å². The zero-order valence-corrected chi connectivity index (χ0v) is 15.4. The van der Waals surface area contributed by atoms with E-state index in [2.05, 4.69) is 13.8 Å². The van der Waals surface area contributed by atoms with Crippen molar-refractivity contribution in [3.8, 4) is 0 Å². The monoisotopic (exact) mass is 332 g/mol. The van der Waals surface area contributed by atoms with Crippen LogP contribution in [-0.4, -0.2) is 22.8 Å². The normalized spacial score (nSPS) is 53.9. The number of fused-ring (bicyclic) bond motifs is 5. The van der Waals surface area contributed by atoms with Crippen molar-refractivity contribution in [2.75, 3.05) is 0 Å². The minimum Gasteiger partial charge on any atom is -0.393 e. The van der Waals surface area contributed by atoms with Crippen molar-refractivity contribution < 1.29 is 14.7 Å². The second-order valence-corrected chi connectivity index (χ2v) is 9.84. The highest BCUT2D eigenvalue weighted by atomic mass is 16.3. The SMILES string of the molecule is CC(=O)[C@H]1CCC2C3CC[C@H]4CC(=O)CC[C@]4(C)C3[C@H](O)C[C@@]21C. The Morgan fingerprint density at radius 3 is 2.58 bits per heavy atom. The van der Waals surface area contributed by atoms with Crippen LogP contribution in [0.25, 0.3) is 0 Å². The van der Waals surface area contributed by atoms with Crippen molar-refractivity contribution in [1.29, 1.82) is 0 Å². The zero-order chi connectivity index (χ0) is 17.3. The fourth-order valence-electron chi connectivity index (χ4n) is 7.84. The van der Waals surface area contributed by atoms with Gasteiger partial charge in [0, 0.05) is 18.8 Å². The molecule has 3 heteroatoms. The van der Waals surface area contributed by atoms with Gasteiger partial charge < -0.3 is 5.11 Å². The lowest BCUT2D eigenvalue weighted by Gasteiger charge is -2.61. The lowest BCUT2D eigenvalue weighted by Crippen LogP contribution is -2.59. The molecular weight excluding hydrogens is 300 g/mol. The maximum Gasteiger partial charge on any atom is 0.133 e. The number of hydrogen-bond acceptors (Lipinski definition) is 3. The third kappa shape index (κ3) is 2.12. The predicted molar refractivity (Wildman–Crippen MR) is 92.3 cm³/mol. The van der Waals surface area contributed by atoms with Gasteiger partial charge in [0.25, 0.3) is 0 Å². The first-order valence-corrected chi connectivity index (χ1v) is 9.97. The molecule has 0 radical (unpaired) electrons. The highest BCUT2D eigenvalue weighted by Gasteiger charge is 2.63. The fraction of sp³-hybridized carbons (Fsp3) is 0.905. The Hall–Kier alpha value is -0.700. The van der Waals surface area contributed by atoms with Gasteiger partial charge in [-0.3, -0.25) is 9.59 Å². The zero-order valence-electron chi connectivity index (χ0n) is 15.4. The molecule has 4 fully saturated rings. The molecule has 4 rings (SSSR count). The summed E-state index contributed by atoms with van der Waals surface area (Å²) in [4.78, 5) is 24.1. The van der Waals surface area contributed by atoms with Gasteiger partial charge in [-0.05, 0) is 80.0 Å². The smallest absolute Gasteiger partial charge is 0.133 e. The standard InChI is InChI=1S/C21H32O3/c1-12(22)16-6-7-17-15-5-4-13-10-14(23)8-9-20(13,2)19(15)18(24)11-21(16,17)3/h13,15-19,24H,4-11H2,1-3H3/t13-,15?,16+,17?,18+,19?,20-,21+/m0/s1. The Morgan fingerprint density at radius 2 is 1.88 bits per heavy atom. The van der Waals surface area contributed by atoms with Crippen LogP contribution in [0, 0.1) is 40.4 Å². The number of carbonyl (C=O) groups is 2. The first-order chi connectivity index (χ1) is 11.3. The van der Waals surface area contributed by atoms with Crippen LogP contribution in [0.4, 0.5) is 0 Å². The molecule has 3 unspecified atom stereocenters. The largest absolute Gasteiger partial charge is 0.393 e. The van der Waals surface area contributed by atoms with Crippen LogP contribution in [0.1, 0.15) is 72.1 Å². The van der Waals surface area contributed by atoms with Gasteiger partial charge >= 0.3 is 0 Å². The predicted octanol–water partition coefficient (Wildman–Crippen LogP) is 3.77. The molecule has 4 aliphatic carbocycles. The molecule has 8 atom stereocenters. The molecule has 4 saturated carbocycles. The minimum absolute atomic E-state index is 0.0138. The summed E-state index contributed by atoms with van der Waals surface area (Å²) < 4.78 is 0. The maximum atomic E-state index is 12.2. The van der Waals surface area contributed by atoms with Gasteiger partial charge in [-0.15, -0.1) is 0 Å². The first kappa shape index (κ1) is 16.8. The van der Waals surface area contributed by atoms with Crippen LogP contribution in [-0.2, 0) is 9.59 Å². The van der Waals surface area contributed by atoms with E-state index in [0.717, 1.165) is 44.9 Å². The molecule has 0 saturated heterocycles. The first-order valence-electron chi connectivity index (χ1n) is 9.97. The summed E-state index contributed by atoms with van der Waals surface area (Å²) in [5, 5.41) is 11.2. The van der Waals surface area contributed by atoms with E-state index in [4.69, 9.17) is 0 Å². The highest BCUT2D eigenvalue weighted by molar-refractivity contribution is 5.80. The van der Waals surface area contributed by atoms with Gasteiger partial charge in [-0.2, -0.15) is 0 Å². The van der Waals surface area contributed by atoms with E-state index in [-0.39, 0.29) is 22.9 Å². The molecule has 0 amide bonds. The van der Waals surface area contributed by atoms with E-state index in [1.165, 1.54) is 0 Å². The summed E-state index contributed by atoms with van der Waals surface area (Å²) in [6.45, 7) is 6.36. The second kappa shape index (κ2) is 5.40. The van der Waals surface area contributed by atoms with Gasteiger partial charge in [0.1, 0.15) is 11.6 Å². The molecule has 1 N–H and O–H groups in total. The van der Waals surface area contributed by atoms with E-state index in [9.17, 15) is 14.7 Å². The summed E-state index contributed by atoms with van der Waals surface area (Å²) in [5.41, 5.74) is 0.103. The fourth-order valence-corrected chi connectivity index (χ4v) is 7.84. The molecule has 0 aromatic heterocycles. The molecular formula is C21H32O3. The molecule has 0 spiro atoms. The van der Waals surface area contributed by atoms with Gasteiger partial charge in [0.05, 0.1) is 6.10 Å². The number of carbonyl (C=O) groups excluding carboxylic acids is 2. The highest BCUT2D eigenvalue weighted by Crippen LogP contribution is 2.67. The van der Waals surface area contributed by atoms with Crippen molar-refractivity contribution in [2.24, 2.45) is 40.4 Å². The molecule has 0 bridgehead atoms. The Bertz CT molecular complexity index is 569. The average Bonchev–Trinajstić information content (AvgIpc) is 2.84. The van der Waals surface area contributed by atoms with E-state index in [1.807, 2.05) is 0 Å². The minimum atomic E-state index is -0.308. The van der Waals surface area contributed by atoms with Crippen molar-refractivity contribution in [2.45, 2.75) is 78.2 Å². The molecule has 0 aromatic rings. The summed E-state index contributed by atoms with van der Waals surface area (Å²) >= 11 is 0. The molecule has 24 heavy (non-hydrogen) atoms. The van der Waals surface area contributed by atoms with Crippen molar-refractivity contribution in [3.05, 3.63) is 0 Å². The lowest BCUT2D eigenvalue weighted by atomic mass is 9.44. The number of aliphatic hydroxyl groups excluding tert-OH is 1. The number of hydrogen-bond donors (Lipinski definition) is 1. The third-order valence-corrected chi connectivity index (χ3v) is 8.90. The number of Topliss-reactive ketones (excluding diaryl/α,β-unsaturated/α-hetero) is 2. The number of aliphatic hydroxyl groups is 1. The summed E-state index contributed by atoms with van der Waals surface area (Å²) in [5.74, 6) is 2.78. The van der Waals surface area contributed by atoms with Crippen molar-refractivity contribution in [1.82, 2.24) is 0 Å². The summed E-state index contributed by atoms with van der Waals surface area (Å²) in [7, 11) is 0. The van der Waals surface area contributed by atoms with Crippen LogP contribution in [0.2, 0.25) is 0 Å². The Balaban J connectivity index is 1.68. The molecule has 3 nitrogen and oxygen atoms in total. The molecule has 134 valence electrons. The van der Waals surface area contributed by atoms with Crippen LogP contribution < -0.4 is 0 Å². The molecule has 4 aliphatic rings. The second-order valence-electron chi connectivity index (χ2n) is 9.84.